The van der Waals surface area contributed by atoms with Crippen LogP contribution in [0.5, 0.6) is 0 Å². The first-order valence-corrected chi connectivity index (χ1v) is 12.1. The van der Waals surface area contributed by atoms with Gasteiger partial charge in [-0.05, 0) is 56.7 Å². The highest BCUT2D eigenvalue weighted by atomic mass is 16.1. The highest BCUT2D eigenvalue weighted by molar-refractivity contribution is 6.01. The minimum Gasteiger partial charge on any atom is -0.365 e. The lowest BCUT2D eigenvalue weighted by Gasteiger charge is -2.36. The van der Waals surface area contributed by atoms with Crippen molar-refractivity contribution in [2.45, 2.75) is 85.7 Å². The second kappa shape index (κ2) is 13.4. The molecule has 2 heterocycles. The van der Waals surface area contributed by atoms with Crippen LogP contribution >= 0.6 is 0 Å². The molecule has 32 heavy (non-hydrogen) atoms. The topological polar surface area (TPSA) is 106 Å². The molecule has 0 spiro atoms. The van der Waals surface area contributed by atoms with Crippen LogP contribution in [-0.2, 0) is 0 Å². The van der Waals surface area contributed by atoms with Gasteiger partial charge in [-0.2, -0.15) is 0 Å². The molecule has 1 unspecified atom stereocenters. The van der Waals surface area contributed by atoms with Gasteiger partial charge in [-0.1, -0.05) is 52.7 Å². The van der Waals surface area contributed by atoms with Gasteiger partial charge in [0.25, 0.3) is 5.91 Å². The number of fused-ring (bicyclic) bond motifs is 1. The molecule has 1 aliphatic heterocycles. The second-order valence-electron chi connectivity index (χ2n) is 8.96. The van der Waals surface area contributed by atoms with Crippen molar-refractivity contribution in [2.75, 3.05) is 18.0 Å². The average Bonchev–Trinajstić information content (AvgIpc) is 2.74. The molecule has 0 saturated carbocycles. The molecule has 1 atom stereocenters. The number of piperidine rings is 1. The van der Waals surface area contributed by atoms with E-state index in [0.29, 0.717) is 23.6 Å². The molecule has 1 fully saturated rings. The van der Waals surface area contributed by atoms with Crippen molar-refractivity contribution < 1.29 is 6.22 Å². The molecule has 1 aliphatic rings. The first-order chi connectivity index (χ1) is 14.9. The Bertz CT molecular complexity index is 850. The zero-order valence-electron chi connectivity index (χ0n) is 21.1. The quantitative estimate of drug-likeness (QED) is 0.472. The second-order valence-corrected chi connectivity index (χ2v) is 8.96. The maximum absolute atomic E-state index is 12.1. The minimum absolute atomic E-state index is 0. The summed E-state index contributed by atoms with van der Waals surface area (Å²) in [5, 5.41) is 4.86. The molecule has 1 amide bonds. The predicted molar refractivity (Wildman–Crippen MR) is 140 cm³/mol. The molecule has 6 heteroatoms. The highest BCUT2D eigenvalue weighted by Gasteiger charge is 2.25. The number of carbonyl (C=O) groups excluding carboxylic acids is 1. The number of benzene rings is 1. The average molecular weight is 446 g/mol. The van der Waals surface area contributed by atoms with Crippen LogP contribution in [0.4, 0.5) is 5.82 Å². The molecule has 2 aromatic rings. The molecule has 6 N–H and O–H groups in total. The van der Waals surface area contributed by atoms with E-state index in [1.807, 2.05) is 32.9 Å². The third kappa shape index (κ3) is 7.45. The van der Waals surface area contributed by atoms with Crippen LogP contribution in [-0.4, -0.2) is 36.1 Å². The van der Waals surface area contributed by atoms with Gasteiger partial charge < -0.3 is 22.1 Å². The Labute approximate surface area is 196 Å². The van der Waals surface area contributed by atoms with Crippen LogP contribution in [0, 0.1) is 12.8 Å². The number of amides is 1. The van der Waals surface area contributed by atoms with E-state index >= 15 is 0 Å². The third-order valence-corrected chi connectivity index (χ3v) is 5.87. The Morgan fingerprint density at radius 2 is 1.91 bits per heavy atom. The number of nitrogens with two attached hydrogens (primary N) is 1. The lowest BCUT2D eigenvalue weighted by Crippen LogP contribution is -2.47. The van der Waals surface area contributed by atoms with E-state index in [1.165, 1.54) is 19.3 Å². The zero-order chi connectivity index (χ0) is 23.0. The fourth-order valence-corrected chi connectivity index (χ4v) is 4.49. The van der Waals surface area contributed by atoms with Crippen LogP contribution < -0.4 is 22.1 Å². The molecule has 1 aromatic carbocycles. The summed E-state index contributed by atoms with van der Waals surface area (Å²) in [4.78, 5) is 19.2. The molecular weight excluding hydrogens is 398 g/mol. The Kier molecular flexibility index (Phi) is 11.7. The Hall–Kier alpha value is -2.18. The number of aromatic nitrogens is 1. The molecule has 1 aromatic heterocycles. The van der Waals surface area contributed by atoms with Crippen molar-refractivity contribution >= 4 is 22.6 Å². The summed E-state index contributed by atoms with van der Waals surface area (Å²) in [7, 11) is 0. The molecule has 0 bridgehead atoms. The van der Waals surface area contributed by atoms with E-state index < -0.39 is 5.91 Å². The van der Waals surface area contributed by atoms with Gasteiger partial charge in [-0.15, -0.1) is 0 Å². The maximum Gasteiger partial charge on any atom is 0.252 e. The number of aryl methyl sites for hydroxylation is 1. The molecule has 182 valence electrons. The van der Waals surface area contributed by atoms with Crippen LogP contribution in [0.25, 0.3) is 10.9 Å². The summed E-state index contributed by atoms with van der Waals surface area (Å²) in [5.74, 6) is 1.04. The summed E-state index contributed by atoms with van der Waals surface area (Å²) in [5.41, 5.74) is 8.29. The first kappa shape index (κ1) is 27.9. The zero-order valence-corrected chi connectivity index (χ0v) is 21.1. The van der Waals surface area contributed by atoms with E-state index in [9.17, 15) is 4.79 Å². The molecule has 0 radical (unpaired) electrons. The van der Waals surface area contributed by atoms with E-state index in [4.69, 9.17) is 10.7 Å². The summed E-state index contributed by atoms with van der Waals surface area (Å²) >= 11 is 0. The number of hydrogen-bond acceptors (Lipinski definition) is 5. The summed E-state index contributed by atoms with van der Waals surface area (Å²) in [6, 6.07) is 9.16. The molecule has 0 aliphatic carbocycles. The van der Waals surface area contributed by atoms with Gasteiger partial charge in [0.2, 0.25) is 0 Å². The molecular formula is C26H47N5O. The van der Waals surface area contributed by atoms with Gasteiger partial charge in [-0.3, -0.25) is 4.79 Å². The Balaban J connectivity index is 0.00000249. The number of carbonyl (C=O) groups is 1. The van der Waals surface area contributed by atoms with Crippen molar-refractivity contribution in [2.24, 2.45) is 11.7 Å². The van der Waals surface area contributed by atoms with Gasteiger partial charge in [0.1, 0.15) is 5.82 Å². The number of hydrogen-bond donors (Lipinski definition) is 3. The number of pyridine rings is 1. The Morgan fingerprint density at radius 1 is 1.25 bits per heavy atom. The lowest BCUT2D eigenvalue weighted by molar-refractivity contribution is 0.100. The maximum atomic E-state index is 12.1. The highest BCUT2D eigenvalue weighted by Crippen LogP contribution is 2.27. The van der Waals surface area contributed by atoms with E-state index in [-0.39, 0.29) is 7.58 Å². The van der Waals surface area contributed by atoms with Crippen molar-refractivity contribution in [3.63, 3.8) is 0 Å². The van der Waals surface area contributed by atoms with E-state index in [1.54, 1.807) is 0 Å². The normalized spacial score (nSPS) is 15.2. The van der Waals surface area contributed by atoms with Crippen LogP contribution in [0.1, 0.15) is 84.1 Å². The van der Waals surface area contributed by atoms with Gasteiger partial charge >= 0.3 is 0 Å². The van der Waals surface area contributed by atoms with Crippen LogP contribution in [0.2, 0.25) is 0 Å². The van der Waals surface area contributed by atoms with E-state index in [0.717, 1.165) is 48.2 Å². The minimum atomic E-state index is -0.406. The van der Waals surface area contributed by atoms with Gasteiger partial charge in [0.15, 0.2) is 0 Å². The SMILES string of the molecule is CC.CCCC(CC(C)C)NC1CCN(c2nc3ccc(C)cc3cc2C(N)=O)CC1.N.[HH]. The summed E-state index contributed by atoms with van der Waals surface area (Å²) in [6.45, 7) is 14.7. The molecule has 6 nitrogen and oxygen atoms in total. The van der Waals surface area contributed by atoms with Crippen molar-refractivity contribution in [3.05, 3.63) is 35.4 Å². The monoisotopic (exact) mass is 445 g/mol. The molecule has 1 saturated heterocycles. The van der Waals surface area contributed by atoms with Crippen molar-refractivity contribution in [1.29, 1.82) is 0 Å². The van der Waals surface area contributed by atoms with Crippen LogP contribution in [0.15, 0.2) is 24.3 Å². The number of anilines is 1. The van der Waals surface area contributed by atoms with Gasteiger partial charge in [0, 0.05) is 32.0 Å². The van der Waals surface area contributed by atoms with E-state index in [2.05, 4.69) is 43.1 Å². The number of nitrogens with one attached hydrogen (secondary N) is 1. The van der Waals surface area contributed by atoms with Crippen molar-refractivity contribution in [3.8, 4) is 0 Å². The summed E-state index contributed by atoms with van der Waals surface area (Å²) in [6.07, 6.45) is 5.79. The number of rotatable bonds is 8. The number of primary amides is 1. The molecule has 3 rings (SSSR count). The van der Waals surface area contributed by atoms with Gasteiger partial charge in [-0.25, -0.2) is 4.98 Å². The fourth-order valence-electron chi connectivity index (χ4n) is 4.49. The number of nitrogens with zero attached hydrogens (tertiary/aromatic N) is 2. The fraction of sp³-hybridized carbons (Fsp3) is 0.615. The van der Waals surface area contributed by atoms with Gasteiger partial charge in [0.05, 0.1) is 11.1 Å². The Morgan fingerprint density at radius 3 is 2.47 bits per heavy atom. The van der Waals surface area contributed by atoms with Crippen LogP contribution in [0.3, 0.4) is 0 Å². The van der Waals surface area contributed by atoms with Crippen molar-refractivity contribution in [1.82, 2.24) is 16.5 Å². The largest absolute Gasteiger partial charge is 0.365 e. The smallest absolute Gasteiger partial charge is 0.252 e. The standard InChI is InChI=1S/C24H36N4O.C2H6.H3N.H2/c1-5-6-20(13-16(2)3)26-19-9-11-28(12-10-19)24-21(23(25)29)15-18-14-17(4)7-8-22(18)27-24;1-2;;/h7-8,14-16,19-20,26H,5-6,9-13H2,1-4H3,(H2,25,29);1-2H3;1H3;1H. The lowest BCUT2D eigenvalue weighted by atomic mass is 9.96. The third-order valence-electron chi connectivity index (χ3n) is 5.87. The first-order valence-electron chi connectivity index (χ1n) is 12.1. The predicted octanol–water partition coefficient (Wildman–Crippen LogP) is 5.85. The summed E-state index contributed by atoms with van der Waals surface area (Å²) < 4.78 is 0.